The molecule has 0 amide bonds. The first-order chi connectivity index (χ1) is 9.24. The lowest BCUT2D eigenvalue weighted by Crippen LogP contribution is -2.39. The zero-order valence-corrected chi connectivity index (χ0v) is 11.2. The van der Waals surface area contributed by atoms with Crippen molar-refractivity contribution in [2.45, 2.75) is 24.9 Å². The number of nitrogens with one attached hydrogen (secondary N) is 1. The molecule has 1 fully saturated rings. The normalized spacial score (nSPS) is 19.7. The summed E-state index contributed by atoms with van der Waals surface area (Å²) < 4.78 is 4.86. The Bertz CT molecular complexity index is 401. The number of aliphatic hydroxyl groups is 1. The van der Waals surface area contributed by atoms with E-state index in [0.717, 1.165) is 31.5 Å². The Balaban J connectivity index is 2.19. The molecule has 1 aliphatic rings. The number of hydrogen-bond acceptors (Lipinski definition) is 4. The highest BCUT2D eigenvalue weighted by Crippen LogP contribution is 2.30. The van der Waals surface area contributed by atoms with Gasteiger partial charge < -0.3 is 15.2 Å². The quantitative estimate of drug-likeness (QED) is 0.804. The molecule has 0 aliphatic carbocycles. The molecule has 0 saturated carbocycles. The van der Waals surface area contributed by atoms with E-state index in [0.29, 0.717) is 0 Å². The number of hydrogen-bond donors (Lipinski definition) is 2. The fraction of sp³-hybridized carbons (Fsp3) is 0.533. The second kappa shape index (κ2) is 6.68. The van der Waals surface area contributed by atoms with Crippen molar-refractivity contribution in [2.24, 2.45) is 5.92 Å². The maximum Gasteiger partial charge on any atom is 0.315 e. The number of esters is 1. The van der Waals surface area contributed by atoms with Crippen LogP contribution < -0.4 is 5.32 Å². The van der Waals surface area contributed by atoms with Crippen LogP contribution >= 0.6 is 0 Å². The summed E-state index contributed by atoms with van der Waals surface area (Å²) in [6, 6.07) is 9.38. The summed E-state index contributed by atoms with van der Waals surface area (Å²) in [4.78, 5) is 12.0. The van der Waals surface area contributed by atoms with Crippen molar-refractivity contribution >= 4 is 5.97 Å². The first kappa shape index (κ1) is 14.0. The van der Waals surface area contributed by atoms with Gasteiger partial charge in [-0.3, -0.25) is 4.79 Å². The van der Waals surface area contributed by atoms with E-state index in [1.54, 1.807) is 0 Å². The summed E-state index contributed by atoms with van der Waals surface area (Å²) in [5.41, 5.74) is 0.820. The minimum Gasteiger partial charge on any atom is -0.468 e. The van der Waals surface area contributed by atoms with Gasteiger partial charge in [-0.05, 0) is 37.4 Å². The molecule has 104 valence electrons. The van der Waals surface area contributed by atoms with Crippen LogP contribution in [0, 0.1) is 5.92 Å². The van der Waals surface area contributed by atoms with E-state index in [2.05, 4.69) is 5.32 Å². The molecule has 2 atom stereocenters. The number of carbonyl (C=O) groups excluding carboxylic acids is 1. The second-order valence-electron chi connectivity index (χ2n) is 4.99. The molecule has 4 heteroatoms. The number of piperidine rings is 1. The molecule has 1 aromatic rings. The Morgan fingerprint density at radius 2 is 1.95 bits per heavy atom. The van der Waals surface area contributed by atoms with Crippen molar-refractivity contribution in [1.82, 2.24) is 5.32 Å². The lowest BCUT2D eigenvalue weighted by Gasteiger charge is -2.31. The van der Waals surface area contributed by atoms with E-state index in [1.165, 1.54) is 7.11 Å². The summed E-state index contributed by atoms with van der Waals surface area (Å²) in [5.74, 6) is -0.808. The van der Waals surface area contributed by atoms with Crippen LogP contribution in [0.5, 0.6) is 0 Å². The molecule has 4 nitrogen and oxygen atoms in total. The second-order valence-corrected chi connectivity index (χ2v) is 4.99. The van der Waals surface area contributed by atoms with Crippen LogP contribution in [0.4, 0.5) is 0 Å². The number of ether oxygens (including phenoxy) is 1. The van der Waals surface area contributed by atoms with Gasteiger partial charge in [0.25, 0.3) is 0 Å². The van der Waals surface area contributed by atoms with Gasteiger partial charge in [0, 0.05) is 0 Å². The van der Waals surface area contributed by atoms with Gasteiger partial charge in [0.15, 0.2) is 0 Å². The largest absolute Gasteiger partial charge is 0.468 e. The number of aliphatic hydroxyl groups excluding tert-OH is 1. The lowest BCUT2D eigenvalue weighted by atomic mass is 9.81. The average Bonchev–Trinajstić information content (AvgIpc) is 2.49. The first-order valence-corrected chi connectivity index (χ1v) is 6.75. The van der Waals surface area contributed by atoms with Gasteiger partial charge in [0.2, 0.25) is 0 Å². The SMILES string of the molecule is COC(=O)C(c1ccccc1)C(O)C1CCNCC1. The number of carbonyl (C=O) groups is 1. The van der Waals surface area contributed by atoms with Gasteiger partial charge in [-0.1, -0.05) is 30.3 Å². The van der Waals surface area contributed by atoms with E-state index in [9.17, 15) is 9.90 Å². The topological polar surface area (TPSA) is 58.6 Å². The van der Waals surface area contributed by atoms with Crippen molar-refractivity contribution < 1.29 is 14.6 Å². The summed E-state index contributed by atoms with van der Waals surface area (Å²) >= 11 is 0. The minimum absolute atomic E-state index is 0.144. The fourth-order valence-corrected chi connectivity index (χ4v) is 2.72. The van der Waals surface area contributed by atoms with E-state index >= 15 is 0 Å². The van der Waals surface area contributed by atoms with Crippen LogP contribution in [0.25, 0.3) is 0 Å². The van der Waals surface area contributed by atoms with Gasteiger partial charge in [-0.15, -0.1) is 0 Å². The Kier molecular flexibility index (Phi) is 4.93. The maximum atomic E-state index is 12.0. The molecule has 19 heavy (non-hydrogen) atoms. The number of rotatable bonds is 4. The van der Waals surface area contributed by atoms with Crippen molar-refractivity contribution in [1.29, 1.82) is 0 Å². The highest BCUT2D eigenvalue weighted by Gasteiger charge is 2.35. The van der Waals surface area contributed by atoms with Crippen LogP contribution in [0.15, 0.2) is 30.3 Å². The summed E-state index contributed by atoms with van der Waals surface area (Å²) in [7, 11) is 1.37. The van der Waals surface area contributed by atoms with Crippen molar-refractivity contribution in [2.75, 3.05) is 20.2 Å². The Morgan fingerprint density at radius 3 is 2.53 bits per heavy atom. The number of methoxy groups -OCH3 is 1. The van der Waals surface area contributed by atoms with Crippen LogP contribution in [0.1, 0.15) is 24.3 Å². The van der Waals surface area contributed by atoms with Gasteiger partial charge in [-0.25, -0.2) is 0 Å². The molecule has 0 bridgehead atoms. The minimum atomic E-state index is -0.683. The Labute approximate surface area is 113 Å². The first-order valence-electron chi connectivity index (χ1n) is 6.75. The third-order valence-corrected chi connectivity index (χ3v) is 3.82. The third-order valence-electron chi connectivity index (χ3n) is 3.82. The van der Waals surface area contributed by atoms with Crippen molar-refractivity contribution in [3.63, 3.8) is 0 Å². The predicted octanol–water partition coefficient (Wildman–Crippen LogP) is 1.30. The van der Waals surface area contributed by atoms with Gasteiger partial charge in [0.1, 0.15) is 5.92 Å². The Hall–Kier alpha value is -1.39. The summed E-state index contributed by atoms with van der Waals surface area (Å²) in [5, 5.41) is 13.8. The van der Waals surface area contributed by atoms with E-state index < -0.39 is 12.0 Å². The van der Waals surface area contributed by atoms with Gasteiger partial charge in [0.05, 0.1) is 13.2 Å². The average molecular weight is 263 g/mol. The highest BCUT2D eigenvalue weighted by atomic mass is 16.5. The molecular formula is C15H21NO3. The molecule has 1 aromatic carbocycles. The highest BCUT2D eigenvalue weighted by molar-refractivity contribution is 5.78. The molecule has 2 N–H and O–H groups in total. The smallest absolute Gasteiger partial charge is 0.315 e. The zero-order valence-electron chi connectivity index (χ0n) is 11.2. The van der Waals surface area contributed by atoms with Crippen LogP contribution in [-0.2, 0) is 9.53 Å². The molecule has 1 heterocycles. The predicted molar refractivity (Wildman–Crippen MR) is 72.8 cm³/mol. The molecule has 0 radical (unpaired) electrons. The molecule has 0 spiro atoms. The summed E-state index contributed by atoms with van der Waals surface area (Å²) in [6.07, 6.45) is 1.10. The van der Waals surface area contributed by atoms with Crippen LogP contribution in [0.2, 0.25) is 0 Å². The molecule has 2 rings (SSSR count). The third kappa shape index (κ3) is 3.33. The molecule has 1 aliphatic heterocycles. The van der Waals surface area contributed by atoms with Crippen molar-refractivity contribution in [3.05, 3.63) is 35.9 Å². The lowest BCUT2D eigenvalue weighted by molar-refractivity contribution is -0.146. The van der Waals surface area contributed by atoms with E-state index in [-0.39, 0.29) is 11.9 Å². The Morgan fingerprint density at radius 1 is 1.32 bits per heavy atom. The fourth-order valence-electron chi connectivity index (χ4n) is 2.72. The molecule has 2 unspecified atom stereocenters. The van der Waals surface area contributed by atoms with Gasteiger partial charge >= 0.3 is 5.97 Å². The van der Waals surface area contributed by atoms with E-state index in [1.807, 2.05) is 30.3 Å². The van der Waals surface area contributed by atoms with E-state index in [4.69, 9.17) is 4.74 Å². The van der Waals surface area contributed by atoms with Crippen LogP contribution in [0.3, 0.4) is 0 Å². The molecular weight excluding hydrogens is 242 g/mol. The molecule has 1 saturated heterocycles. The van der Waals surface area contributed by atoms with Crippen molar-refractivity contribution in [3.8, 4) is 0 Å². The van der Waals surface area contributed by atoms with Crippen LogP contribution in [-0.4, -0.2) is 37.4 Å². The van der Waals surface area contributed by atoms with Gasteiger partial charge in [-0.2, -0.15) is 0 Å². The maximum absolute atomic E-state index is 12.0. The number of benzene rings is 1. The standard InChI is InChI=1S/C15H21NO3/c1-19-15(18)13(11-5-3-2-4-6-11)14(17)12-7-9-16-10-8-12/h2-6,12-14,16-17H,7-10H2,1H3. The zero-order chi connectivity index (χ0) is 13.7. The molecule has 0 aromatic heterocycles. The summed E-state index contributed by atoms with van der Waals surface area (Å²) in [6.45, 7) is 1.79. The monoisotopic (exact) mass is 263 g/mol.